The molecule has 0 radical (unpaired) electrons. The summed E-state index contributed by atoms with van der Waals surface area (Å²) in [6, 6.07) is 10.5. The van der Waals surface area contributed by atoms with Crippen LogP contribution in [0.3, 0.4) is 0 Å². The number of anilines is 1. The van der Waals surface area contributed by atoms with Gasteiger partial charge in [-0.05, 0) is 24.3 Å². The third-order valence-electron chi connectivity index (χ3n) is 2.36. The summed E-state index contributed by atoms with van der Waals surface area (Å²) in [6.45, 7) is -0.510. The highest BCUT2D eigenvalue weighted by molar-refractivity contribution is 5.94. The number of nitrogens with zero attached hydrogens (tertiary/aromatic N) is 1. The third kappa shape index (κ3) is 3.61. The summed E-state index contributed by atoms with van der Waals surface area (Å²) in [5, 5.41) is 2.31. The fraction of sp³-hybridized carbons (Fsp3) is 0.0714. The van der Waals surface area contributed by atoms with E-state index in [1.165, 1.54) is 30.5 Å². The van der Waals surface area contributed by atoms with Crippen LogP contribution in [0.2, 0.25) is 0 Å². The van der Waals surface area contributed by atoms with Crippen LogP contribution < -0.4 is 5.32 Å². The Bertz CT molecular complexity index is 617. The molecule has 0 saturated carbocycles. The third-order valence-corrected chi connectivity index (χ3v) is 2.36. The van der Waals surface area contributed by atoms with Gasteiger partial charge >= 0.3 is 5.97 Å². The summed E-state index contributed by atoms with van der Waals surface area (Å²) in [6.07, 6.45) is 1.44. The smallest absolute Gasteiger partial charge is 0.357 e. The first-order valence-electron chi connectivity index (χ1n) is 5.79. The van der Waals surface area contributed by atoms with Crippen LogP contribution in [0, 0.1) is 5.82 Å². The van der Waals surface area contributed by atoms with Gasteiger partial charge in [0.05, 0.1) is 5.69 Å². The molecular weight excluding hydrogens is 263 g/mol. The minimum atomic E-state index is -0.714. The molecule has 0 unspecified atom stereocenters. The number of amides is 1. The molecule has 1 heterocycles. The molecule has 1 amide bonds. The van der Waals surface area contributed by atoms with Gasteiger partial charge in [0.15, 0.2) is 6.61 Å². The van der Waals surface area contributed by atoms with E-state index in [2.05, 4.69) is 10.3 Å². The van der Waals surface area contributed by atoms with Crippen molar-refractivity contribution in [2.75, 3.05) is 11.9 Å². The van der Waals surface area contributed by atoms with Gasteiger partial charge in [0.25, 0.3) is 5.91 Å². The average molecular weight is 274 g/mol. The Morgan fingerprint density at radius 3 is 2.60 bits per heavy atom. The quantitative estimate of drug-likeness (QED) is 0.866. The molecular formula is C14H11FN2O3. The molecule has 0 fully saturated rings. The van der Waals surface area contributed by atoms with Crippen molar-refractivity contribution in [1.82, 2.24) is 4.98 Å². The number of esters is 1. The second-order valence-corrected chi connectivity index (χ2v) is 3.82. The van der Waals surface area contributed by atoms with E-state index in [9.17, 15) is 14.0 Å². The molecule has 5 nitrogen and oxygen atoms in total. The van der Waals surface area contributed by atoms with Gasteiger partial charge in [-0.15, -0.1) is 0 Å². The number of carbonyl (C=O) groups excluding carboxylic acids is 2. The fourth-order valence-electron chi connectivity index (χ4n) is 1.44. The number of carbonyl (C=O) groups is 2. The largest absolute Gasteiger partial charge is 0.451 e. The van der Waals surface area contributed by atoms with Crippen molar-refractivity contribution in [2.45, 2.75) is 0 Å². The summed E-state index contributed by atoms with van der Waals surface area (Å²) in [5.74, 6) is -1.90. The zero-order valence-corrected chi connectivity index (χ0v) is 10.4. The summed E-state index contributed by atoms with van der Waals surface area (Å²) in [7, 11) is 0. The monoisotopic (exact) mass is 274 g/mol. The van der Waals surface area contributed by atoms with Gasteiger partial charge in [0.1, 0.15) is 11.5 Å². The van der Waals surface area contributed by atoms with Crippen molar-refractivity contribution in [3.05, 3.63) is 60.2 Å². The maximum absolute atomic E-state index is 13.3. The molecule has 6 heteroatoms. The van der Waals surface area contributed by atoms with Crippen LogP contribution in [0.4, 0.5) is 10.1 Å². The molecule has 0 aliphatic rings. The van der Waals surface area contributed by atoms with Crippen molar-refractivity contribution in [3.63, 3.8) is 0 Å². The van der Waals surface area contributed by atoms with Crippen molar-refractivity contribution < 1.29 is 18.7 Å². The summed E-state index contributed by atoms with van der Waals surface area (Å²) in [4.78, 5) is 26.8. The molecule has 0 atom stereocenters. The molecule has 2 aromatic rings. The minimum absolute atomic E-state index is 0.0337. The molecule has 1 aromatic carbocycles. The molecule has 0 saturated heterocycles. The number of hydrogen-bond donors (Lipinski definition) is 1. The highest BCUT2D eigenvalue weighted by atomic mass is 19.1. The van der Waals surface area contributed by atoms with E-state index in [-0.39, 0.29) is 11.4 Å². The van der Waals surface area contributed by atoms with Crippen molar-refractivity contribution in [2.24, 2.45) is 0 Å². The first-order valence-corrected chi connectivity index (χ1v) is 5.79. The highest BCUT2D eigenvalue weighted by Crippen LogP contribution is 2.12. The maximum atomic E-state index is 13.3. The van der Waals surface area contributed by atoms with Gasteiger partial charge in [-0.2, -0.15) is 0 Å². The van der Waals surface area contributed by atoms with Crippen molar-refractivity contribution in [1.29, 1.82) is 0 Å². The number of benzene rings is 1. The van der Waals surface area contributed by atoms with E-state index in [4.69, 9.17) is 4.74 Å². The Labute approximate surface area is 114 Å². The summed E-state index contributed by atoms with van der Waals surface area (Å²) >= 11 is 0. The van der Waals surface area contributed by atoms with E-state index in [0.717, 1.165) is 0 Å². The Balaban J connectivity index is 1.87. The molecule has 102 valence electrons. The SMILES string of the molecule is O=C(COC(=O)c1ccccn1)Nc1ccccc1F. The first kappa shape index (κ1) is 13.7. The van der Waals surface area contributed by atoms with Gasteiger partial charge in [-0.1, -0.05) is 18.2 Å². The van der Waals surface area contributed by atoms with E-state index >= 15 is 0 Å². The number of pyridine rings is 1. The lowest BCUT2D eigenvalue weighted by Gasteiger charge is -2.06. The van der Waals surface area contributed by atoms with Crippen LogP contribution in [-0.2, 0) is 9.53 Å². The van der Waals surface area contributed by atoms with E-state index in [0.29, 0.717) is 0 Å². The standard InChI is InChI=1S/C14H11FN2O3/c15-10-5-1-2-6-11(10)17-13(18)9-20-14(19)12-7-3-4-8-16-12/h1-8H,9H2,(H,17,18). The van der Waals surface area contributed by atoms with Crippen LogP contribution in [0.1, 0.15) is 10.5 Å². The highest BCUT2D eigenvalue weighted by Gasteiger charge is 2.12. The lowest BCUT2D eigenvalue weighted by atomic mass is 10.3. The Morgan fingerprint density at radius 1 is 1.15 bits per heavy atom. The Kier molecular flexibility index (Phi) is 4.39. The van der Waals surface area contributed by atoms with Crippen LogP contribution in [0.25, 0.3) is 0 Å². The average Bonchev–Trinajstić information content (AvgIpc) is 2.48. The fourth-order valence-corrected chi connectivity index (χ4v) is 1.44. The number of rotatable bonds is 4. The maximum Gasteiger partial charge on any atom is 0.357 e. The number of nitrogens with one attached hydrogen (secondary N) is 1. The number of ether oxygens (including phenoxy) is 1. The van der Waals surface area contributed by atoms with Gasteiger partial charge in [0, 0.05) is 6.20 Å². The lowest BCUT2D eigenvalue weighted by molar-refractivity contribution is -0.119. The number of hydrogen-bond acceptors (Lipinski definition) is 4. The van der Waals surface area contributed by atoms with Gasteiger partial charge in [-0.25, -0.2) is 14.2 Å². The van der Waals surface area contributed by atoms with Gasteiger partial charge in [0.2, 0.25) is 0 Å². The van der Waals surface area contributed by atoms with Gasteiger partial charge < -0.3 is 10.1 Å². The topological polar surface area (TPSA) is 68.3 Å². The van der Waals surface area contributed by atoms with E-state index < -0.39 is 24.3 Å². The Hall–Kier alpha value is -2.76. The van der Waals surface area contributed by atoms with Crippen molar-refractivity contribution >= 4 is 17.6 Å². The molecule has 0 aliphatic heterocycles. The molecule has 0 spiro atoms. The van der Waals surface area contributed by atoms with Crippen LogP contribution in [-0.4, -0.2) is 23.5 Å². The number of para-hydroxylation sites is 1. The van der Waals surface area contributed by atoms with E-state index in [1.807, 2.05) is 0 Å². The molecule has 2 rings (SSSR count). The van der Waals surface area contributed by atoms with Crippen molar-refractivity contribution in [3.8, 4) is 0 Å². The molecule has 1 N–H and O–H groups in total. The van der Waals surface area contributed by atoms with Crippen LogP contribution >= 0.6 is 0 Å². The van der Waals surface area contributed by atoms with Crippen LogP contribution in [0.15, 0.2) is 48.7 Å². The molecule has 0 aliphatic carbocycles. The molecule has 0 bridgehead atoms. The van der Waals surface area contributed by atoms with E-state index in [1.54, 1.807) is 18.2 Å². The Morgan fingerprint density at radius 2 is 1.90 bits per heavy atom. The molecule has 1 aromatic heterocycles. The minimum Gasteiger partial charge on any atom is -0.451 e. The zero-order valence-electron chi connectivity index (χ0n) is 10.4. The van der Waals surface area contributed by atoms with Gasteiger partial charge in [-0.3, -0.25) is 4.79 Å². The normalized spacial score (nSPS) is 9.85. The summed E-state index contributed by atoms with van der Waals surface area (Å²) in [5.41, 5.74) is 0.137. The molecule has 20 heavy (non-hydrogen) atoms. The predicted molar refractivity (Wildman–Crippen MR) is 69.5 cm³/mol. The summed E-state index contributed by atoms with van der Waals surface area (Å²) < 4.78 is 18.0. The second-order valence-electron chi connectivity index (χ2n) is 3.82. The lowest BCUT2D eigenvalue weighted by Crippen LogP contribution is -2.21. The number of aromatic nitrogens is 1. The number of halogens is 1. The zero-order chi connectivity index (χ0) is 14.4. The van der Waals surface area contributed by atoms with Crippen LogP contribution in [0.5, 0.6) is 0 Å². The second kappa shape index (κ2) is 6.42. The predicted octanol–water partition coefficient (Wildman–Crippen LogP) is 2.02. The first-order chi connectivity index (χ1) is 9.66.